The Bertz CT molecular complexity index is 1360. The van der Waals surface area contributed by atoms with Gasteiger partial charge in [0.2, 0.25) is 0 Å². The van der Waals surface area contributed by atoms with Crippen LogP contribution in [-0.4, -0.2) is 59.9 Å². The van der Waals surface area contributed by atoms with Gasteiger partial charge in [-0.15, -0.1) is 0 Å². The first-order valence-electron chi connectivity index (χ1n) is 12.1. The number of hydrogen-bond acceptors (Lipinski definition) is 5. The Kier molecular flexibility index (Phi) is 6.85. The molecule has 1 amide bonds. The van der Waals surface area contributed by atoms with Gasteiger partial charge in [0, 0.05) is 17.6 Å². The van der Waals surface area contributed by atoms with Crippen molar-refractivity contribution in [2.75, 3.05) is 19.8 Å². The number of nitrogens with zero attached hydrogens (tertiary/aromatic N) is 1. The van der Waals surface area contributed by atoms with E-state index in [1.54, 1.807) is 17.0 Å². The molecule has 0 bridgehead atoms. The van der Waals surface area contributed by atoms with Gasteiger partial charge in [-0.25, -0.2) is 9.18 Å². The number of hydrogen-bond donors (Lipinski definition) is 3. The number of ether oxygens (including phenoxy) is 2. The van der Waals surface area contributed by atoms with E-state index in [2.05, 4.69) is 25.0 Å². The third-order valence-corrected chi connectivity index (χ3v) is 6.64. The summed E-state index contributed by atoms with van der Waals surface area (Å²) in [5, 5.41) is 20.8. The lowest BCUT2D eigenvalue weighted by Crippen LogP contribution is -2.43. The summed E-state index contributed by atoms with van der Waals surface area (Å²) in [6.45, 7) is 0.0656. The molecule has 2 heterocycles. The highest BCUT2D eigenvalue weighted by atomic mass is 19.1. The molecule has 0 saturated carbocycles. The van der Waals surface area contributed by atoms with Crippen molar-refractivity contribution >= 4 is 26.1 Å². The van der Waals surface area contributed by atoms with Crippen molar-refractivity contribution in [1.82, 2.24) is 9.88 Å². The predicted octanol–water partition coefficient (Wildman–Crippen LogP) is 1.42. The standard InChI is InChI=1S/C27H28BFN2O5/c28-17-3-10-24-23(13-17)22-11-12-31(27(34)36-21-8-4-18(29)5-9-21)26(25(22)30-24)16-1-6-20(7-2-16)35-15-19(33)14-32/h1-2,4-10,13,17,19,26,30,32-33H,3,11-12,14-15,28H2. The molecule has 1 aliphatic carbocycles. The van der Waals surface area contributed by atoms with Crippen LogP contribution >= 0.6 is 0 Å². The molecule has 3 unspecified atom stereocenters. The second-order valence-corrected chi connectivity index (χ2v) is 9.31. The Hall–Kier alpha value is -3.56. The van der Waals surface area contributed by atoms with Gasteiger partial charge in [0.15, 0.2) is 0 Å². The third-order valence-electron chi connectivity index (χ3n) is 6.64. The number of aromatic nitrogens is 1. The van der Waals surface area contributed by atoms with Crippen molar-refractivity contribution < 1.29 is 28.9 Å². The number of rotatable bonds is 6. The first kappa shape index (κ1) is 24.2. The van der Waals surface area contributed by atoms with E-state index in [0.29, 0.717) is 24.5 Å². The van der Waals surface area contributed by atoms with Gasteiger partial charge in [-0.05, 0) is 71.4 Å². The minimum Gasteiger partial charge on any atom is -0.491 e. The summed E-state index contributed by atoms with van der Waals surface area (Å²) < 4.78 is 24.5. The Morgan fingerprint density at radius 3 is 2.61 bits per heavy atom. The van der Waals surface area contributed by atoms with Crippen LogP contribution in [0.15, 0.2) is 48.5 Å². The zero-order valence-electron chi connectivity index (χ0n) is 20.0. The average Bonchev–Trinajstić information content (AvgIpc) is 3.26. The largest absolute Gasteiger partial charge is 0.491 e. The molecule has 3 atom stereocenters. The van der Waals surface area contributed by atoms with E-state index in [4.69, 9.17) is 14.6 Å². The third kappa shape index (κ3) is 4.89. The first-order valence-corrected chi connectivity index (χ1v) is 12.1. The van der Waals surface area contributed by atoms with Crippen LogP contribution in [0.5, 0.6) is 11.5 Å². The molecular formula is C27H28BFN2O5. The lowest BCUT2D eigenvalue weighted by atomic mass is 9.81. The summed E-state index contributed by atoms with van der Waals surface area (Å²) in [5.41, 5.74) is 3.03. The summed E-state index contributed by atoms with van der Waals surface area (Å²) in [6.07, 6.45) is 4.67. The molecule has 0 radical (unpaired) electrons. The second kappa shape index (κ2) is 10.2. The van der Waals surface area contributed by atoms with E-state index in [-0.39, 0.29) is 19.0 Å². The first-order chi connectivity index (χ1) is 17.4. The van der Waals surface area contributed by atoms with Gasteiger partial charge < -0.3 is 24.7 Å². The minimum absolute atomic E-state index is 0.0211. The molecule has 0 spiro atoms. The van der Waals surface area contributed by atoms with Crippen LogP contribution in [0.1, 0.15) is 29.3 Å². The molecule has 186 valence electrons. The molecule has 2 aliphatic rings. The summed E-state index contributed by atoms with van der Waals surface area (Å²) >= 11 is 0. The smallest absolute Gasteiger partial charge is 0.416 e. The average molecular weight is 490 g/mol. The molecule has 2 aromatic carbocycles. The number of amides is 1. The summed E-state index contributed by atoms with van der Waals surface area (Å²) in [4.78, 5) is 18.6. The number of halogens is 1. The number of fused-ring (bicyclic) bond motifs is 3. The maximum Gasteiger partial charge on any atom is 0.416 e. The maximum absolute atomic E-state index is 13.3. The predicted molar refractivity (Wildman–Crippen MR) is 136 cm³/mol. The molecule has 3 N–H and O–H groups in total. The molecule has 5 rings (SSSR count). The van der Waals surface area contributed by atoms with Crippen molar-refractivity contribution in [3.8, 4) is 11.5 Å². The van der Waals surface area contributed by atoms with Crippen LogP contribution in [0, 0.1) is 5.82 Å². The monoisotopic (exact) mass is 490 g/mol. The normalized spacial score (nSPS) is 19.4. The van der Waals surface area contributed by atoms with Gasteiger partial charge in [0.05, 0.1) is 6.61 Å². The zero-order chi connectivity index (χ0) is 25.2. The molecule has 1 aliphatic heterocycles. The van der Waals surface area contributed by atoms with Crippen molar-refractivity contribution in [1.29, 1.82) is 0 Å². The van der Waals surface area contributed by atoms with Crippen LogP contribution in [0.4, 0.5) is 9.18 Å². The van der Waals surface area contributed by atoms with Crippen molar-refractivity contribution in [2.45, 2.75) is 30.8 Å². The summed E-state index contributed by atoms with van der Waals surface area (Å²) in [5.74, 6) is 0.869. The van der Waals surface area contributed by atoms with Crippen LogP contribution in [0.25, 0.3) is 12.2 Å². The number of carbonyl (C=O) groups is 1. The van der Waals surface area contributed by atoms with Crippen molar-refractivity contribution in [2.24, 2.45) is 0 Å². The fourth-order valence-electron chi connectivity index (χ4n) is 4.82. The Labute approximate surface area is 208 Å². The van der Waals surface area contributed by atoms with E-state index < -0.39 is 24.1 Å². The Morgan fingerprint density at radius 1 is 1.17 bits per heavy atom. The highest BCUT2D eigenvalue weighted by molar-refractivity contribution is 6.15. The highest BCUT2D eigenvalue weighted by Gasteiger charge is 2.35. The van der Waals surface area contributed by atoms with Gasteiger partial charge in [-0.3, -0.25) is 4.90 Å². The van der Waals surface area contributed by atoms with E-state index in [0.717, 1.165) is 23.0 Å². The van der Waals surface area contributed by atoms with Gasteiger partial charge in [0.1, 0.15) is 43.9 Å². The number of H-pyrrole nitrogens is 1. The zero-order valence-corrected chi connectivity index (χ0v) is 20.0. The fraction of sp³-hybridized carbons (Fsp3) is 0.296. The Balaban J connectivity index is 1.49. The van der Waals surface area contributed by atoms with Gasteiger partial charge in [0.25, 0.3) is 0 Å². The lowest BCUT2D eigenvalue weighted by Gasteiger charge is -2.35. The van der Waals surface area contributed by atoms with E-state index in [1.165, 1.54) is 35.0 Å². The summed E-state index contributed by atoms with van der Waals surface area (Å²) in [7, 11) is 2.19. The minimum atomic E-state index is -0.956. The van der Waals surface area contributed by atoms with E-state index >= 15 is 0 Å². The number of benzene rings is 2. The topological polar surface area (TPSA) is 95.0 Å². The number of aliphatic hydroxyl groups excluding tert-OH is 2. The molecule has 1 aromatic heterocycles. The van der Waals surface area contributed by atoms with Crippen LogP contribution in [-0.2, 0) is 6.42 Å². The van der Waals surface area contributed by atoms with E-state index in [1.807, 2.05) is 12.1 Å². The summed E-state index contributed by atoms with van der Waals surface area (Å²) in [6, 6.07) is 12.3. The van der Waals surface area contributed by atoms with Crippen molar-refractivity contribution in [3.05, 3.63) is 81.7 Å². The molecule has 0 fully saturated rings. The van der Waals surface area contributed by atoms with Gasteiger partial charge >= 0.3 is 6.09 Å². The second-order valence-electron chi connectivity index (χ2n) is 9.31. The van der Waals surface area contributed by atoms with Crippen molar-refractivity contribution in [3.63, 3.8) is 0 Å². The molecule has 7 nitrogen and oxygen atoms in total. The van der Waals surface area contributed by atoms with Crippen LogP contribution in [0.2, 0.25) is 5.82 Å². The lowest BCUT2D eigenvalue weighted by molar-refractivity contribution is 0.0536. The SMILES string of the molecule is BC1C=c2c3c([nH]c2=CC1)C(c1ccc(OCC(O)CO)cc1)N(C(=O)Oc1ccc(F)cc1)CC3. The number of carbonyl (C=O) groups excluding carboxylic acids is 1. The van der Waals surface area contributed by atoms with Gasteiger partial charge in [-0.2, -0.15) is 0 Å². The maximum atomic E-state index is 13.3. The molecule has 3 aromatic rings. The molecular weight excluding hydrogens is 462 g/mol. The Morgan fingerprint density at radius 2 is 1.89 bits per heavy atom. The fourth-order valence-corrected chi connectivity index (χ4v) is 4.82. The molecule has 36 heavy (non-hydrogen) atoms. The number of aromatic amines is 1. The quantitative estimate of drug-likeness (QED) is 0.455. The van der Waals surface area contributed by atoms with Crippen LogP contribution in [0.3, 0.4) is 0 Å². The number of aliphatic hydroxyl groups is 2. The van der Waals surface area contributed by atoms with Gasteiger partial charge in [-0.1, -0.05) is 24.3 Å². The molecule has 9 heteroatoms. The van der Waals surface area contributed by atoms with E-state index in [9.17, 15) is 14.3 Å². The van der Waals surface area contributed by atoms with Crippen LogP contribution < -0.4 is 20.0 Å². The highest BCUT2D eigenvalue weighted by Crippen LogP contribution is 2.34. The molecule has 0 saturated heterocycles. The number of nitrogens with one attached hydrogen (secondary N) is 1.